The minimum absolute atomic E-state index is 0.285. The second-order valence-electron chi connectivity index (χ2n) is 2.56. The molecule has 0 radical (unpaired) electrons. The van der Waals surface area contributed by atoms with Crippen molar-refractivity contribution in [1.29, 1.82) is 10.5 Å². The van der Waals surface area contributed by atoms with E-state index in [2.05, 4.69) is 0 Å². The molecule has 0 spiro atoms. The Labute approximate surface area is 86.5 Å². The number of nitrogens with one attached hydrogen (secondary N) is 1. The number of nitriles is 2. The topological polar surface area (TPSA) is 85.9 Å². The molecular formula is C10H7N3O2. The number of nitrogens with zero attached hydrogens (tertiary/aromatic N) is 2. The normalized spacial score (nSPS) is 8.40. The van der Waals surface area contributed by atoms with Crippen molar-refractivity contribution in [3.63, 3.8) is 0 Å². The summed E-state index contributed by atoms with van der Waals surface area (Å²) in [5.41, 5.74) is 0.349. The van der Waals surface area contributed by atoms with Gasteiger partial charge in [0.25, 0.3) is 5.91 Å². The molecule has 0 aliphatic heterocycles. The molecule has 15 heavy (non-hydrogen) atoms. The van der Waals surface area contributed by atoms with Crippen molar-refractivity contribution in [2.24, 2.45) is 0 Å². The van der Waals surface area contributed by atoms with Crippen molar-refractivity contribution in [2.75, 3.05) is 6.61 Å². The van der Waals surface area contributed by atoms with Crippen LogP contribution in [-0.2, 0) is 4.79 Å². The van der Waals surface area contributed by atoms with Gasteiger partial charge in [0, 0.05) is 0 Å². The maximum Gasteiger partial charge on any atom is 0.270 e. The van der Waals surface area contributed by atoms with E-state index in [1.165, 1.54) is 6.19 Å². The first kappa shape index (κ1) is 10.6. The fourth-order valence-corrected chi connectivity index (χ4v) is 0.927. The second kappa shape index (κ2) is 5.25. The molecule has 0 unspecified atom stereocenters. The molecule has 74 valence electrons. The van der Waals surface area contributed by atoms with E-state index in [-0.39, 0.29) is 6.61 Å². The van der Waals surface area contributed by atoms with Gasteiger partial charge in [0.15, 0.2) is 12.8 Å². The maximum atomic E-state index is 10.9. The molecule has 0 fully saturated rings. The quantitative estimate of drug-likeness (QED) is 0.571. The fraction of sp³-hybridized carbons (Fsp3) is 0.100. The Kier molecular flexibility index (Phi) is 3.70. The highest BCUT2D eigenvalue weighted by Gasteiger charge is 2.04. The van der Waals surface area contributed by atoms with Crippen LogP contribution in [0.3, 0.4) is 0 Å². The molecule has 0 aliphatic carbocycles. The predicted molar refractivity (Wildman–Crippen MR) is 50.4 cm³/mol. The lowest BCUT2D eigenvalue weighted by Crippen LogP contribution is -2.24. The van der Waals surface area contributed by atoms with E-state index in [9.17, 15) is 4.79 Å². The minimum atomic E-state index is -0.551. The average molecular weight is 201 g/mol. The number of hydrogen-bond donors (Lipinski definition) is 1. The van der Waals surface area contributed by atoms with Gasteiger partial charge in [0.05, 0.1) is 5.56 Å². The van der Waals surface area contributed by atoms with Gasteiger partial charge >= 0.3 is 0 Å². The molecule has 0 aliphatic rings. The maximum absolute atomic E-state index is 10.9. The van der Waals surface area contributed by atoms with Crippen LogP contribution in [0.5, 0.6) is 5.75 Å². The Morgan fingerprint density at radius 1 is 1.40 bits per heavy atom. The summed E-state index contributed by atoms with van der Waals surface area (Å²) in [5.74, 6) is -0.224. The van der Waals surface area contributed by atoms with Crippen LogP contribution >= 0.6 is 0 Å². The predicted octanol–water partition coefficient (Wildman–Crippen LogP) is 0.534. The van der Waals surface area contributed by atoms with E-state index in [0.29, 0.717) is 11.3 Å². The molecule has 1 aromatic carbocycles. The van der Waals surface area contributed by atoms with E-state index >= 15 is 0 Å². The molecule has 5 nitrogen and oxygen atoms in total. The SMILES string of the molecule is N#CNC(=O)COc1ccccc1C#N. The molecule has 0 saturated heterocycles. The summed E-state index contributed by atoms with van der Waals surface area (Å²) in [7, 11) is 0. The lowest BCUT2D eigenvalue weighted by molar-refractivity contribution is -0.121. The number of ether oxygens (including phenoxy) is 1. The van der Waals surface area contributed by atoms with Crippen LogP contribution in [0, 0.1) is 22.8 Å². The highest BCUT2D eigenvalue weighted by molar-refractivity contribution is 5.78. The van der Waals surface area contributed by atoms with Gasteiger partial charge < -0.3 is 4.74 Å². The Bertz CT molecular complexity index is 443. The van der Waals surface area contributed by atoms with Gasteiger partial charge in [0.1, 0.15) is 11.8 Å². The summed E-state index contributed by atoms with van der Waals surface area (Å²) < 4.78 is 5.06. The van der Waals surface area contributed by atoms with E-state index in [1.54, 1.807) is 24.3 Å². The number of carbonyl (C=O) groups excluding carboxylic acids is 1. The molecule has 1 rings (SSSR count). The van der Waals surface area contributed by atoms with E-state index < -0.39 is 5.91 Å². The molecule has 0 aromatic heterocycles. The third kappa shape index (κ3) is 3.02. The standard InChI is InChI=1S/C10H7N3O2/c11-5-8-3-1-2-4-9(8)15-6-10(14)13-7-12/h1-4H,6H2,(H,13,14). The van der Waals surface area contributed by atoms with Crippen LogP contribution in [0.25, 0.3) is 0 Å². The van der Waals surface area contributed by atoms with E-state index in [0.717, 1.165) is 0 Å². The molecule has 1 aromatic rings. The van der Waals surface area contributed by atoms with Crippen LogP contribution in [-0.4, -0.2) is 12.5 Å². The monoisotopic (exact) mass is 201 g/mol. The summed E-state index contributed by atoms with van der Waals surface area (Å²) in [6.45, 7) is -0.285. The lowest BCUT2D eigenvalue weighted by Gasteiger charge is -2.05. The van der Waals surface area contributed by atoms with Crippen molar-refractivity contribution >= 4 is 5.91 Å². The zero-order valence-electron chi connectivity index (χ0n) is 7.73. The van der Waals surface area contributed by atoms with Crippen LogP contribution in [0.1, 0.15) is 5.56 Å². The average Bonchev–Trinajstić information content (AvgIpc) is 2.27. The first-order chi connectivity index (χ1) is 7.27. The summed E-state index contributed by atoms with van der Waals surface area (Å²) >= 11 is 0. The molecule has 5 heteroatoms. The van der Waals surface area contributed by atoms with Crippen molar-refractivity contribution in [1.82, 2.24) is 5.32 Å². The summed E-state index contributed by atoms with van der Waals surface area (Å²) in [6.07, 6.45) is 1.49. The van der Waals surface area contributed by atoms with Crippen LogP contribution in [0.4, 0.5) is 0 Å². The minimum Gasteiger partial charge on any atom is -0.482 e. The highest BCUT2D eigenvalue weighted by Crippen LogP contribution is 2.15. The van der Waals surface area contributed by atoms with Crippen LogP contribution in [0.2, 0.25) is 0 Å². The lowest BCUT2D eigenvalue weighted by atomic mass is 10.2. The van der Waals surface area contributed by atoms with Crippen LogP contribution < -0.4 is 10.1 Å². The number of carbonyl (C=O) groups is 1. The number of benzene rings is 1. The van der Waals surface area contributed by atoms with Gasteiger partial charge in [-0.1, -0.05) is 12.1 Å². The smallest absolute Gasteiger partial charge is 0.270 e. The summed E-state index contributed by atoms with van der Waals surface area (Å²) in [6, 6.07) is 8.48. The second-order valence-corrected chi connectivity index (χ2v) is 2.56. The van der Waals surface area contributed by atoms with Gasteiger partial charge in [0.2, 0.25) is 0 Å². The Morgan fingerprint density at radius 3 is 2.80 bits per heavy atom. The Hall–Kier alpha value is -2.53. The fourth-order valence-electron chi connectivity index (χ4n) is 0.927. The summed E-state index contributed by atoms with van der Waals surface area (Å²) in [4.78, 5) is 10.9. The summed E-state index contributed by atoms with van der Waals surface area (Å²) in [5, 5.41) is 18.8. The molecule has 0 atom stereocenters. The number of para-hydroxylation sites is 1. The molecule has 0 bridgehead atoms. The largest absolute Gasteiger partial charge is 0.482 e. The first-order valence-electron chi connectivity index (χ1n) is 4.08. The first-order valence-corrected chi connectivity index (χ1v) is 4.08. The van der Waals surface area contributed by atoms with Crippen molar-refractivity contribution in [3.05, 3.63) is 29.8 Å². The Morgan fingerprint density at radius 2 is 2.13 bits per heavy atom. The van der Waals surface area contributed by atoms with Crippen molar-refractivity contribution in [2.45, 2.75) is 0 Å². The zero-order chi connectivity index (χ0) is 11.1. The number of amides is 1. The third-order valence-electron chi connectivity index (χ3n) is 1.56. The number of rotatable bonds is 3. The zero-order valence-corrected chi connectivity index (χ0v) is 7.73. The van der Waals surface area contributed by atoms with Gasteiger partial charge in [-0.25, -0.2) is 0 Å². The van der Waals surface area contributed by atoms with Gasteiger partial charge in [-0.3, -0.25) is 10.1 Å². The van der Waals surface area contributed by atoms with E-state index in [1.807, 2.05) is 11.4 Å². The molecule has 0 saturated carbocycles. The van der Waals surface area contributed by atoms with Gasteiger partial charge in [-0.2, -0.15) is 10.5 Å². The molecule has 0 heterocycles. The Balaban J connectivity index is 2.63. The van der Waals surface area contributed by atoms with Crippen LogP contribution in [0.15, 0.2) is 24.3 Å². The van der Waals surface area contributed by atoms with E-state index in [4.69, 9.17) is 15.3 Å². The van der Waals surface area contributed by atoms with Gasteiger partial charge in [-0.15, -0.1) is 0 Å². The highest BCUT2D eigenvalue weighted by atomic mass is 16.5. The molecule has 1 amide bonds. The van der Waals surface area contributed by atoms with Crippen molar-refractivity contribution < 1.29 is 9.53 Å². The van der Waals surface area contributed by atoms with Crippen molar-refractivity contribution in [3.8, 4) is 18.0 Å². The van der Waals surface area contributed by atoms with Gasteiger partial charge in [-0.05, 0) is 12.1 Å². The molecule has 1 N–H and O–H groups in total. The third-order valence-corrected chi connectivity index (χ3v) is 1.56. The molecular weight excluding hydrogens is 194 g/mol. The number of hydrogen-bond acceptors (Lipinski definition) is 4.